The van der Waals surface area contributed by atoms with Crippen molar-refractivity contribution in [1.82, 2.24) is 4.72 Å². The number of aryl methyl sites for hydroxylation is 2. The van der Waals surface area contributed by atoms with Crippen LogP contribution in [0.3, 0.4) is 0 Å². The van der Waals surface area contributed by atoms with Crippen molar-refractivity contribution in [3.63, 3.8) is 0 Å². The molecule has 0 amide bonds. The fraction of sp³-hybridized carbons (Fsp3) is 0.273. The Labute approximate surface area is 110 Å². The zero-order chi connectivity index (χ0) is 13.2. The van der Waals surface area contributed by atoms with Gasteiger partial charge < -0.3 is 5.73 Å². The molecule has 3 N–H and O–H groups in total. The molecule has 0 unspecified atom stereocenters. The van der Waals surface area contributed by atoms with E-state index in [0.717, 1.165) is 11.1 Å². The molecular formula is C11H15BrN2O2S. The fourth-order valence-electron chi connectivity index (χ4n) is 1.30. The maximum Gasteiger partial charge on any atom is 0.242 e. The van der Waals surface area contributed by atoms with Crippen LogP contribution in [-0.4, -0.2) is 15.0 Å². The Morgan fingerprint density at radius 1 is 1.41 bits per heavy atom. The Morgan fingerprint density at radius 2 is 1.94 bits per heavy atom. The summed E-state index contributed by atoms with van der Waals surface area (Å²) in [5, 5.41) is 0. The molecule has 0 aromatic heterocycles. The van der Waals surface area contributed by atoms with E-state index in [0.29, 0.717) is 4.48 Å². The second-order valence-electron chi connectivity index (χ2n) is 3.82. The SMILES string of the molecule is C=C(Br)CNS(=O)(=O)c1cc(C)c(C)cc1N. The number of halogens is 1. The Kier molecular flexibility index (Phi) is 4.35. The maximum atomic E-state index is 12.0. The van der Waals surface area contributed by atoms with Crippen LogP contribution < -0.4 is 10.5 Å². The Morgan fingerprint density at radius 3 is 2.47 bits per heavy atom. The summed E-state index contributed by atoms with van der Waals surface area (Å²) in [7, 11) is -3.59. The molecule has 0 bridgehead atoms. The van der Waals surface area contributed by atoms with Crippen molar-refractivity contribution in [2.24, 2.45) is 0 Å². The minimum absolute atomic E-state index is 0.106. The van der Waals surface area contributed by atoms with Crippen molar-refractivity contribution in [1.29, 1.82) is 0 Å². The van der Waals surface area contributed by atoms with Crippen LogP contribution in [0.25, 0.3) is 0 Å². The first kappa shape index (κ1) is 14.2. The average molecular weight is 319 g/mol. The molecule has 94 valence electrons. The highest BCUT2D eigenvalue weighted by molar-refractivity contribution is 9.11. The first-order valence-electron chi connectivity index (χ1n) is 4.93. The van der Waals surface area contributed by atoms with Crippen LogP contribution in [0, 0.1) is 13.8 Å². The van der Waals surface area contributed by atoms with E-state index >= 15 is 0 Å². The number of benzene rings is 1. The third kappa shape index (κ3) is 3.55. The summed E-state index contributed by atoms with van der Waals surface area (Å²) in [6.07, 6.45) is 0. The summed E-state index contributed by atoms with van der Waals surface area (Å²) in [5.74, 6) is 0. The molecule has 1 rings (SSSR count). The monoisotopic (exact) mass is 318 g/mol. The first-order chi connectivity index (χ1) is 7.74. The van der Waals surface area contributed by atoms with Crippen molar-refractivity contribution in [3.8, 4) is 0 Å². The zero-order valence-electron chi connectivity index (χ0n) is 9.75. The van der Waals surface area contributed by atoms with Gasteiger partial charge in [0.2, 0.25) is 10.0 Å². The van der Waals surface area contributed by atoms with Crippen molar-refractivity contribution in [2.75, 3.05) is 12.3 Å². The van der Waals surface area contributed by atoms with E-state index in [1.165, 1.54) is 0 Å². The predicted molar refractivity (Wildman–Crippen MR) is 73.6 cm³/mol. The molecule has 0 aliphatic carbocycles. The predicted octanol–water partition coefficient (Wildman–Crippen LogP) is 2.07. The van der Waals surface area contributed by atoms with Crippen molar-refractivity contribution in [2.45, 2.75) is 18.7 Å². The second kappa shape index (κ2) is 5.20. The summed E-state index contributed by atoms with van der Waals surface area (Å²) in [6.45, 7) is 7.43. The number of nitrogens with one attached hydrogen (secondary N) is 1. The van der Waals surface area contributed by atoms with Gasteiger partial charge in [0, 0.05) is 11.0 Å². The average Bonchev–Trinajstić information content (AvgIpc) is 2.20. The van der Waals surface area contributed by atoms with E-state index in [1.807, 2.05) is 13.8 Å². The summed E-state index contributed by atoms with van der Waals surface area (Å²) < 4.78 is 26.9. The minimum atomic E-state index is -3.59. The fourth-order valence-corrected chi connectivity index (χ4v) is 2.84. The molecule has 1 aromatic rings. The number of nitrogen functional groups attached to an aromatic ring is 1. The number of anilines is 1. The zero-order valence-corrected chi connectivity index (χ0v) is 12.2. The van der Waals surface area contributed by atoms with E-state index in [-0.39, 0.29) is 17.1 Å². The molecule has 0 aliphatic rings. The van der Waals surface area contributed by atoms with Gasteiger partial charge in [0.1, 0.15) is 4.90 Å². The highest BCUT2D eigenvalue weighted by Crippen LogP contribution is 2.22. The lowest BCUT2D eigenvalue weighted by molar-refractivity contribution is 0.586. The molecule has 0 saturated carbocycles. The van der Waals surface area contributed by atoms with Gasteiger partial charge in [0.05, 0.1) is 5.69 Å². The van der Waals surface area contributed by atoms with Gasteiger partial charge in [-0.05, 0) is 37.1 Å². The largest absolute Gasteiger partial charge is 0.398 e. The highest BCUT2D eigenvalue weighted by atomic mass is 79.9. The Balaban J connectivity index is 3.15. The molecule has 0 heterocycles. The van der Waals surface area contributed by atoms with E-state index in [4.69, 9.17) is 5.73 Å². The number of hydrogen-bond acceptors (Lipinski definition) is 3. The van der Waals surface area contributed by atoms with E-state index in [1.54, 1.807) is 12.1 Å². The lowest BCUT2D eigenvalue weighted by Gasteiger charge is -2.11. The number of sulfonamides is 1. The van der Waals surface area contributed by atoms with Crippen molar-refractivity contribution in [3.05, 3.63) is 34.3 Å². The molecule has 1 aromatic carbocycles. The number of rotatable bonds is 4. The molecule has 0 saturated heterocycles. The van der Waals surface area contributed by atoms with Crippen LogP contribution in [0.5, 0.6) is 0 Å². The van der Waals surface area contributed by atoms with Crippen LogP contribution >= 0.6 is 15.9 Å². The van der Waals surface area contributed by atoms with Gasteiger partial charge in [-0.15, -0.1) is 0 Å². The van der Waals surface area contributed by atoms with Crippen LogP contribution in [0.1, 0.15) is 11.1 Å². The quantitative estimate of drug-likeness (QED) is 0.835. The maximum absolute atomic E-state index is 12.0. The van der Waals surface area contributed by atoms with Gasteiger partial charge in [-0.2, -0.15) is 0 Å². The van der Waals surface area contributed by atoms with Crippen LogP contribution in [0.15, 0.2) is 28.1 Å². The van der Waals surface area contributed by atoms with Gasteiger partial charge >= 0.3 is 0 Å². The van der Waals surface area contributed by atoms with Gasteiger partial charge in [-0.3, -0.25) is 0 Å². The smallest absolute Gasteiger partial charge is 0.242 e. The molecule has 0 aliphatic heterocycles. The second-order valence-corrected chi connectivity index (χ2v) is 6.67. The van der Waals surface area contributed by atoms with E-state index in [9.17, 15) is 8.42 Å². The summed E-state index contributed by atoms with van der Waals surface area (Å²) in [5.41, 5.74) is 7.83. The third-order valence-corrected chi connectivity index (χ3v) is 4.11. The summed E-state index contributed by atoms with van der Waals surface area (Å²) in [6, 6.07) is 3.23. The molecule has 4 nitrogen and oxygen atoms in total. The lowest BCUT2D eigenvalue weighted by Crippen LogP contribution is -2.25. The normalized spacial score (nSPS) is 11.5. The van der Waals surface area contributed by atoms with Crippen LogP contribution in [-0.2, 0) is 10.0 Å². The third-order valence-electron chi connectivity index (χ3n) is 2.37. The van der Waals surface area contributed by atoms with E-state index in [2.05, 4.69) is 27.2 Å². The van der Waals surface area contributed by atoms with Gasteiger partial charge in [0.25, 0.3) is 0 Å². The highest BCUT2D eigenvalue weighted by Gasteiger charge is 2.18. The molecule has 6 heteroatoms. The Hall–Kier alpha value is -0.850. The van der Waals surface area contributed by atoms with Crippen molar-refractivity contribution >= 4 is 31.6 Å². The topological polar surface area (TPSA) is 72.2 Å². The standard InChI is InChI=1S/C11H15BrN2O2S/c1-7-4-10(13)11(5-8(7)2)17(15,16)14-6-9(3)12/h4-5,14H,3,6,13H2,1-2H3. The lowest BCUT2D eigenvalue weighted by atomic mass is 10.1. The van der Waals surface area contributed by atoms with Gasteiger partial charge in [-0.25, -0.2) is 13.1 Å². The molecule has 0 fully saturated rings. The minimum Gasteiger partial charge on any atom is -0.398 e. The van der Waals surface area contributed by atoms with Crippen molar-refractivity contribution < 1.29 is 8.42 Å². The van der Waals surface area contributed by atoms with Gasteiger partial charge in [-0.1, -0.05) is 22.5 Å². The number of nitrogens with two attached hydrogens (primary N) is 1. The molecule has 0 spiro atoms. The molecule has 0 radical (unpaired) electrons. The van der Waals surface area contributed by atoms with Crippen LogP contribution in [0.2, 0.25) is 0 Å². The number of hydrogen-bond donors (Lipinski definition) is 2. The Bertz CT molecular complexity index is 553. The molecule has 17 heavy (non-hydrogen) atoms. The first-order valence-corrected chi connectivity index (χ1v) is 7.21. The van der Waals surface area contributed by atoms with Gasteiger partial charge in [0.15, 0.2) is 0 Å². The van der Waals surface area contributed by atoms with Crippen LogP contribution in [0.4, 0.5) is 5.69 Å². The summed E-state index contributed by atoms with van der Waals surface area (Å²) in [4.78, 5) is 0.106. The molecular weight excluding hydrogens is 304 g/mol. The van der Waals surface area contributed by atoms with E-state index < -0.39 is 10.0 Å². The summed E-state index contributed by atoms with van der Waals surface area (Å²) >= 11 is 3.09. The molecule has 0 atom stereocenters.